The van der Waals surface area contributed by atoms with Gasteiger partial charge in [-0.1, -0.05) is 6.92 Å². The van der Waals surface area contributed by atoms with E-state index in [0.717, 1.165) is 25.3 Å². The first-order chi connectivity index (χ1) is 10.8. The maximum Gasteiger partial charge on any atom is 0.303 e. The van der Waals surface area contributed by atoms with Crippen molar-refractivity contribution in [2.75, 3.05) is 18.0 Å². The van der Waals surface area contributed by atoms with Gasteiger partial charge in [0, 0.05) is 31.2 Å². The van der Waals surface area contributed by atoms with E-state index in [9.17, 15) is 9.59 Å². The molecule has 1 aromatic heterocycles. The highest BCUT2D eigenvalue weighted by molar-refractivity contribution is 5.94. The molecule has 2 N–H and O–H groups in total. The van der Waals surface area contributed by atoms with Gasteiger partial charge in [-0.15, -0.1) is 0 Å². The molecule has 0 fully saturated rings. The van der Waals surface area contributed by atoms with E-state index in [0.29, 0.717) is 12.0 Å². The molecule has 0 radical (unpaired) electrons. The van der Waals surface area contributed by atoms with E-state index in [1.165, 1.54) is 0 Å². The molecular weight excluding hydrogens is 294 g/mol. The average molecular weight is 321 g/mol. The van der Waals surface area contributed by atoms with Crippen LogP contribution in [0.1, 0.15) is 57.3 Å². The lowest BCUT2D eigenvalue weighted by molar-refractivity contribution is -0.137. The number of hydrogen-bond donors (Lipinski definition) is 2. The van der Waals surface area contributed by atoms with Crippen molar-refractivity contribution >= 4 is 17.7 Å². The number of pyridine rings is 1. The number of anilines is 1. The number of hydrogen-bond acceptors (Lipinski definition) is 4. The molecule has 0 unspecified atom stereocenters. The summed E-state index contributed by atoms with van der Waals surface area (Å²) in [7, 11) is 0. The number of carboxylic acids is 1. The molecule has 0 aromatic carbocycles. The average Bonchev–Trinajstić information content (AvgIpc) is 2.50. The molecule has 0 aliphatic heterocycles. The molecule has 0 saturated heterocycles. The third kappa shape index (κ3) is 6.26. The van der Waals surface area contributed by atoms with E-state index in [1.807, 2.05) is 19.9 Å². The quantitative estimate of drug-likeness (QED) is 0.731. The van der Waals surface area contributed by atoms with Crippen molar-refractivity contribution in [3.05, 3.63) is 23.9 Å². The second-order valence-electron chi connectivity index (χ2n) is 6.22. The lowest BCUT2D eigenvalue weighted by Gasteiger charge is -2.26. The molecule has 0 bridgehead atoms. The predicted octanol–water partition coefficient (Wildman–Crippen LogP) is 2.69. The number of carboxylic acid groups (broad SMARTS) is 1. The second-order valence-corrected chi connectivity index (χ2v) is 6.22. The Morgan fingerprint density at radius 1 is 1.30 bits per heavy atom. The minimum absolute atomic E-state index is 0.0208. The second kappa shape index (κ2) is 8.50. The van der Waals surface area contributed by atoms with Crippen molar-refractivity contribution in [2.45, 2.75) is 52.5 Å². The van der Waals surface area contributed by atoms with Crippen LogP contribution in [0.3, 0.4) is 0 Å². The maximum absolute atomic E-state index is 12.3. The fraction of sp³-hybridized carbons (Fsp3) is 0.588. The Balaban J connectivity index is 2.71. The molecule has 0 spiro atoms. The van der Waals surface area contributed by atoms with Crippen LogP contribution < -0.4 is 10.2 Å². The number of amides is 1. The van der Waals surface area contributed by atoms with Gasteiger partial charge in [0.2, 0.25) is 0 Å². The SMILES string of the molecule is CCCN(CC)c1ccc(C(=O)NC(C)(C)CCC(=O)O)cn1. The summed E-state index contributed by atoms with van der Waals surface area (Å²) in [6, 6.07) is 3.60. The fourth-order valence-electron chi connectivity index (χ4n) is 2.27. The molecule has 0 atom stereocenters. The molecule has 0 aliphatic rings. The molecule has 6 heteroatoms. The third-order valence-electron chi connectivity index (χ3n) is 3.63. The van der Waals surface area contributed by atoms with Crippen molar-refractivity contribution in [2.24, 2.45) is 0 Å². The Morgan fingerprint density at radius 3 is 2.48 bits per heavy atom. The Morgan fingerprint density at radius 2 is 2.00 bits per heavy atom. The first kappa shape index (κ1) is 18.9. The van der Waals surface area contributed by atoms with Crippen LogP contribution in [-0.2, 0) is 4.79 Å². The van der Waals surface area contributed by atoms with Gasteiger partial charge in [0.15, 0.2) is 0 Å². The van der Waals surface area contributed by atoms with Crippen LogP contribution in [0.2, 0.25) is 0 Å². The van der Waals surface area contributed by atoms with E-state index in [2.05, 4.69) is 29.0 Å². The number of nitrogens with zero attached hydrogens (tertiary/aromatic N) is 2. The molecule has 1 aromatic rings. The van der Waals surface area contributed by atoms with Crippen LogP contribution in [0.5, 0.6) is 0 Å². The van der Waals surface area contributed by atoms with Gasteiger partial charge in [-0.25, -0.2) is 4.98 Å². The Hall–Kier alpha value is -2.11. The molecule has 1 heterocycles. The smallest absolute Gasteiger partial charge is 0.303 e. The van der Waals surface area contributed by atoms with E-state index in [1.54, 1.807) is 12.3 Å². The third-order valence-corrected chi connectivity index (χ3v) is 3.63. The Kier molecular flexibility index (Phi) is 7.00. The van der Waals surface area contributed by atoms with Gasteiger partial charge < -0.3 is 15.3 Å². The van der Waals surface area contributed by atoms with Gasteiger partial charge in [-0.05, 0) is 45.7 Å². The molecule has 0 aliphatic carbocycles. The summed E-state index contributed by atoms with van der Waals surface area (Å²) in [6.45, 7) is 9.61. The zero-order chi connectivity index (χ0) is 17.5. The molecule has 1 amide bonds. The summed E-state index contributed by atoms with van der Waals surface area (Å²) in [6.07, 6.45) is 3.00. The van der Waals surface area contributed by atoms with Crippen LogP contribution in [-0.4, -0.2) is 40.6 Å². The number of carbonyl (C=O) groups is 2. The molecule has 1 rings (SSSR count). The highest BCUT2D eigenvalue weighted by atomic mass is 16.4. The van der Waals surface area contributed by atoms with Crippen LogP contribution >= 0.6 is 0 Å². The minimum Gasteiger partial charge on any atom is -0.481 e. The van der Waals surface area contributed by atoms with E-state index < -0.39 is 11.5 Å². The molecule has 0 saturated carbocycles. The molecular formula is C17H27N3O3. The van der Waals surface area contributed by atoms with Gasteiger partial charge in [-0.2, -0.15) is 0 Å². The standard InChI is InChI=1S/C17H27N3O3/c1-5-11-20(6-2)14-8-7-13(12-18-14)16(23)19-17(3,4)10-9-15(21)22/h7-8,12H,5-6,9-11H2,1-4H3,(H,19,23)(H,21,22). The van der Waals surface area contributed by atoms with Gasteiger partial charge >= 0.3 is 5.97 Å². The lowest BCUT2D eigenvalue weighted by Crippen LogP contribution is -2.43. The van der Waals surface area contributed by atoms with Crippen LogP contribution in [0.15, 0.2) is 18.3 Å². The molecule has 23 heavy (non-hydrogen) atoms. The monoisotopic (exact) mass is 321 g/mol. The van der Waals surface area contributed by atoms with Crippen molar-refractivity contribution in [3.8, 4) is 0 Å². The predicted molar refractivity (Wildman–Crippen MR) is 90.8 cm³/mol. The first-order valence-corrected chi connectivity index (χ1v) is 8.04. The number of rotatable bonds is 9. The van der Waals surface area contributed by atoms with Crippen molar-refractivity contribution in [1.82, 2.24) is 10.3 Å². The minimum atomic E-state index is -0.867. The highest BCUT2D eigenvalue weighted by Gasteiger charge is 2.22. The van der Waals surface area contributed by atoms with Crippen LogP contribution in [0, 0.1) is 0 Å². The van der Waals surface area contributed by atoms with Crippen molar-refractivity contribution in [3.63, 3.8) is 0 Å². The van der Waals surface area contributed by atoms with E-state index >= 15 is 0 Å². The van der Waals surface area contributed by atoms with Gasteiger partial charge in [0.1, 0.15) is 5.82 Å². The summed E-state index contributed by atoms with van der Waals surface area (Å²) in [5.41, 5.74) is -0.101. The Bertz CT molecular complexity index is 526. The largest absolute Gasteiger partial charge is 0.481 e. The summed E-state index contributed by atoms with van der Waals surface area (Å²) in [5, 5.41) is 11.6. The summed E-state index contributed by atoms with van der Waals surface area (Å²) < 4.78 is 0. The van der Waals surface area contributed by atoms with Crippen molar-refractivity contribution < 1.29 is 14.7 Å². The van der Waals surface area contributed by atoms with Gasteiger partial charge in [-0.3, -0.25) is 9.59 Å². The maximum atomic E-state index is 12.3. The zero-order valence-electron chi connectivity index (χ0n) is 14.4. The topological polar surface area (TPSA) is 82.5 Å². The normalized spacial score (nSPS) is 11.1. The molecule has 128 valence electrons. The van der Waals surface area contributed by atoms with E-state index in [4.69, 9.17) is 5.11 Å². The zero-order valence-corrected chi connectivity index (χ0v) is 14.4. The van der Waals surface area contributed by atoms with Crippen LogP contribution in [0.4, 0.5) is 5.82 Å². The van der Waals surface area contributed by atoms with Gasteiger partial charge in [0.05, 0.1) is 5.56 Å². The highest BCUT2D eigenvalue weighted by Crippen LogP contribution is 2.15. The number of aromatic nitrogens is 1. The summed E-state index contributed by atoms with van der Waals surface area (Å²) in [5.74, 6) is -0.247. The molecule has 6 nitrogen and oxygen atoms in total. The first-order valence-electron chi connectivity index (χ1n) is 8.04. The van der Waals surface area contributed by atoms with Crippen LogP contribution in [0.25, 0.3) is 0 Å². The summed E-state index contributed by atoms with van der Waals surface area (Å²) >= 11 is 0. The number of carbonyl (C=O) groups excluding carboxylic acids is 1. The Labute approximate surface area is 137 Å². The lowest BCUT2D eigenvalue weighted by atomic mass is 9.98. The van der Waals surface area contributed by atoms with Crippen molar-refractivity contribution in [1.29, 1.82) is 0 Å². The number of aliphatic carboxylic acids is 1. The van der Waals surface area contributed by atoms with E-state index in [-0.39, 0.29) is 12.3 Å². The fourth-order valence-corrected chi connectivity index (χ4v) is 2.27. The van der Waals surface area contributed by atoms with Gasteiger partial charge in [0.25, 0.3) is 5.91 Å². The summed E-state index contributed by atoms with van der Waals surface area (Å²) in [4.78, 5) is 29.4. The number of nitrogens with one attached hydrogen (secondary N) is 1.